The molecular weight excluding hydrogens is 444 g/mol. The molecule has 0 saturated heterocycles. The van der Waals surface area contributed by atoms with Crippen LogP contribution in [0.1, 0.15) is 23.2 Å². The summed E-state index contributed by atoms with van der Waals surface area (Å²) in [5, 5.41) is 14.3. The van der Waals surface area contributed by atoms with E-state index >= 15 is 0 Å². The van der Waals surface area contributed by atoms with Crippen molar-refractivity contribution in [2.45, 2.75) is 18.9 Å². The van der Waals surface area contributed by atoms with Crippen LogP contribution in [0.25, 0.3) is 38.6 Å². The van der Waals surface area contributed by atoms with E-state index in [2.05, 4.69) is 16.4 Å². The minimum absolute atomic E-state index is 0.0506. The standard InChI is InChI=1S/C28H21ClN4O/c29-21-7-1-17(2-8-21)19-5-13-25-24(15-19)27-20(16-31-25)6-14-26(30)33(27)23-11-3-18(4-12-23)28(34)32-22-9-10-22/h1-8,11-16,22,30H,9-10H2,(H,32,34). The highest BCUT2D eigenvalue weighted by Gasteiger charge is 2.23. The van der Waals surface area contributed by atoms with Gasteiger partial charge in [-0.3, -0.25) is 19.8 Å². The molecule has 34 heavy (non-hydrogen) atoms. The molecule has 6 heteroatoms. The van der Waals surface area contributed by atoms with Crippen molar-refractivity contribution in [2.24, 2.45) is 0 Å². The van der Waals surface area contributed by atoms with E-state index in [1.807, 2.05) is 77.5 Å². The van der Waals surface area contributed by atoms with E-state index in [0.29, 0.717) is 22.1 Å². The van der Waals surface area contributed by atoms with Crippen molar-refractivity contribution in [3.05, 3.63) is 101 Å². The molecule has 0 aliphatic heterocycles. The van der Waals surface area contributed by atoms with Gasteiger partial charge in [0.1, 0.15) is 5.49 Å². The van der Waals surface area contributed by atoms with Gasteiger partial charge in [-0.2, -0.15) is 0 Å². The molecule has 5 aromatic rings. The molecule has 2 aromatic heterocycles. The molecule has 1 saturated carbocycles. The Morgan fingerprint density at radius 3 is 2.41 bits per heavy atom. The molecule has 0 atom stereocenters. The number of nitrogens with one attached hydrogen (secondary N) is 2. The fourth-order valence-corrected chi connectivity index (χ4v) is 4.40. The Kier molecular flexibility index (Phi) is 4.93. The fourth-order valence-electron chi connectivity index (χ4n) is 4.28. The summed E-state index contributed by atoms with van der Waals surface area (Å²) < 4.78 is 1.91. The number of nitrogens with zero attached hydrogens (tertiary/aromatic N) is 2. The molecule has 1 fully saturated rings. The zero-order valence-electron chi connectivity index (χ0n) is 18.3. The van der Waals surface area contributed by atoms with Gasteiger partial charge in [0.25, 0.3) is 5.91 Å². The molecule has 0 unspecified atom stereocenters. The number of fused-ring (bicyclic) bond motifs is 3. The van der Waals surface area contributed by atoms with E-state index in [-0.39, 0.29) is 5.91 Å². The number of rotatable bonds is 4. The number of aromatic nitrogens is 2. The van der Waals surface area contributed by atoms with Crippen molar-refractivity contribution in [1.82, 2.24) is 14.9 Å². The highest BCUT2D eigenvalue weighted by atomic mass is 35.5. The third-order valence-electron chi connectivity index (χ3n) is 6.23. The van der Waals surface area contributed by atoms with Crippen molar-refractivity contribution < 1.29 is 4.79 Å². The van der Waals surface area contributed by atoms with Gasteiger partial charge in [0, 0.05) is 39.3 Å². The van der Waals surface area contributed by atoms with E-state index in [9.17, 15) is 4.79 Å². The zero-order chi connectivity index (χ0) is 23.2. The van der Waals surface area contributed by atoms with Crippen molar-refractivity contribution in [1.29, 1.82) is 5.41 Å². The predicted molar refractivity (Wildman–Crippen MR) is 135 cm³/mol. The Bertz CT molecular complexity index is 1620. The molecule has 2 heterocycles. The maximum atomic E-state index is 12.4. The lowest BCUT2D eigenvalue weighted by atomic mass is 10.0. The van der Waals surface area contributed by atoms with E-state index in [4.69, 9.17) is 17.0 Å². The first-order valence-electron chi connectivity index (χ1n) is 11.2. The topological polar surface area (TPSA) is 70.8 Å². The van der Waals surface area contributed by atoms with E-state index < -0.39 is 0 Å². The van der Waals surface area contributed by atoms with Crippen LogP contribution in [-0.2, 0) is 0 Å². The van der Waals surface area contributed by atoms with E-state index in [1.165, 1.54) is 0 Å². The van der Waals surface area contributed by atoms with Crippen molar-refractivity contribution >= 4 is 39.3 Å². The number of carbonyl (C=O) groups excluding carboxylic acids is 1. The molecular formula is C28H21ClN4O. The molecule has 0 radical (unpaired) electrons. The van der Waals surface area contributed by atoms with Crippen LogP contribution in [0, 0.1) is 5.41 Å². The fraction of sp³-hybridized carbons (Fsp3) is 0.107. The van der Waals surface area contributed by atoms with Crippen molar-refractivity contribution in [2.75, 3.05) is 0 Å². The lowest BCUT2D eigenvalue weighted by molar-refractivity contribution is 0.0951. The Labute approximate surface area is 201 Å². The average Bonchev–Trinajstić information content (AvgIpc) is 3.68. The Morgan fingerprint density at radius 1 is 0.941 bits per heavy atom. The monoisotopic (exact) mass is 464 g/mol. The van der Waals surface area contributed by atoms with Crippen molar-refractivity contribution in [3.63, 3.8) is 0 Å². The first kappa shape index (κ1) is 20.6. The number of halogens is 1. The van der Waals surface area contributed by atoms with Gasteiger partial charge in [-0.25, -0.2) is 0 Å². The number of hydrogen-bond acceptors (Lipinski definition) is 3. The van der Waals surface area contributed by atoms with Crippen LogP contribution in [0.4, 0.5) is 0 Å². The number of pyridine rings is 2. The SMILES string of the molecule is N=c1ccc2cnc3ccc(-c4ccc(Cl)cc4)cc3c2n1-c1ccc(C(=O)NC2CC2)cc1. The van der Waals surface area contributed by atoms with Gasteiger partial charge in [-0.1, -0.05) is 29.8 Å². The molecule has 3 aromatic carbocycles. The normalized spacial score (nSPS) is 13.3. The zero-order valence-corrected chi connectivity index (χ0v) is 19.0. The molecule has 1 aliphatic rings. The quantitative estimate of drug-likeness (QED) is 0.326. The summed E-state index contributed by atoms with van der Waals surface area (Å²) in [6.45, 7) is 0. The van der Waals surface area contributed by atoms with Crippen LogP contribution >= 0.6 is 11.6 Å². The van der Waals surface area contributed by atoms with E-state index in [0.717, 1.165) is 51.5 Å². The molecule has 2 N–H and O–H groups in total. The maximum Gasteiger partial charge on any atom is 0.251 e. The molecule has 0 bridgehead atoms. The van der Waals surface area contributed by atoms with Crippen LogP contribution in [-0.4, -0.2) is 21.5 Å². The van der Waals surface area contributed by atoms with Gasteiger partial charge < -0.3 is 5.32 Å². The Hall–Kier alpha value is -3.96. The predicted octanol–water partition coefficient (Wildman–Crippen LogP) is 5.87. The molecule has 5 nitrogen and oxygen atoms in total. The minimum atomic E-state index is -0.0506. The molecule has 0 spiro atoms. The lowest BCUT2D eigenvalue weighted by Gasteiger charge is -2.15. The lowest BCUT2D eigenvalue weighted by Crippen LogP contribution is -2.25. The smallest absolute Gasteiger partial charge is 0.251 e. The number of amides is 1. The highest BCUT2D eigenvalue weighted by molar-refractivity contribution is 6.30. The summed E-state index contributed by atoms with van der Waals surface area (Å²) in [5.74, 6) is -0.0506. The second-order valence-electron chi connectivity index (χ2n) is 8.65. The number of carbonyl (C=O) groups is 1. The van der Waals surface area contributed by atoms with Crippen LogP contribution < -0.4 is 10.8 Å². The van der Waals surface area contributed by atoms with Crippen LogP contribution in [0.15, 0.2) is 85.1 Å². The summed E-state index contributed by atoms with van der Waals surface area (Å²) in [4.78, 5) is 17.1. The average molecular weight is 465 g/mol. The van der Waals surface area contributed by atoms with Gasteiger partial charge in [-0.05, 0) is 84.6 Å². The van der Waals surface area contributed by atoms with Gasteiger partial charge in [-0.15, -0.1) is 0 Å². The highest BCUT2D eigenvalue weighted by Crippen LogP contribution is 2.30. The first-order valence-corrected chi connectivity index (χ1v) is 11.6. The third-order valence-corrected chi connectivity index (χ3v) is 6.48. The van der Waals surface area contributed by atoms with Crippen LogP contribution in [0.2, 0.25) is 5.02 Å². The van der Waals surface area contributed by atoms with Crippen LogP contribution in [0.3, 0.4) is 0 Å². The number of hydrogen-bond donors (Lipinski definition) is 2. The molecule has 6 rings (SSSR count). The van der Waals surface area contributed by atoms with Crippen molar-refractivity contribution in [3.8, 4) is 16.8 Å². The molecule has 1 aliphatic carbocycles. The summed E-state index contributed by atoms with van der Waals surface area (Å²) in [7, 11) is 0. The Balaban J connectivity index is 1.52. The maximum absolute atomic E-state index is 12.4. The Morgan fingerprint density at radius 2 is 1.68 bits per heavy atom. The van der Waals surface area contributed by atoms with E-state index in [1.54, 1.807) is 6.07 Å². The molecule has 1 amide bonds. The largest absolute Gasteiger partial charge is 0.349 e. The summed E-state index contributed by atoms with van der Waals surface area (Å²) in [6, 6.07) is 25.4. The summed E-state index contributed by atoms with van der Waals surface area (Å²) in [5.41, 5.74) is 5.67. The van der Waals surface area contributed by atoms with Gasteiger partial charge in [0.2, 0.25) is 0 Å². The van der Waals surface area contributed by atoms with Gasteiger partial charge in [0.15, 0.2) is 0 Å². The first-order chi connectivity index (χ1) is 16.6. The second-order valence-corrected chi connectivity index (χ2v) is 9.09. The molecule has 166 valence electrons. The second kappa shape index (κ2) is 8.12. The van der Waals surface area contributed by atoms with Crippen LogP contribution in [0.5, 0.6) is 0 Å². The number of benzene rings is 3. The summed E-state index contributed by atoms with van der Waals surface area (Å²) >= 11 is 6.08. The summed E-state index contributed by atoms with van der Waals surface area (Å²) in [6.07, 6.45) is 3.95. The minimum Gasteiger partial charge on any atom is -0.349 e. The van der Waals surface area contributed by atoms with Gasteiger partial charge >= 0.3 is 0 Å². The third kappa shape index (κ3) is 3.74. The van der Waals surface area contributed by atoms with Gasteiger partial charge in [0.05, 0.1) is 11.0 Å².